The first kappa shape index (κ1) is 23.4. The molecule has 1 aromatic carbocycles. The summed E-state index contributed by atoms with van der Waals surface area (Å²) < 4.78 is 15.2. The summed E-state index contributed by atoms with van der Waals surface area (Å²) in [4.78, 5) is 52.8. The molecule has 4 amide bonds. The van der Waals surface area contributed by atoms with Crippen molar-refractivity contribution in [3.8, 4) is 11.5 Å². The minimum Gasteiger partial charge on any atom is -0.497 e. The Morgan fingerprint density at radius 1 is 1.03 bits per heavy atom. The molecular formula is C22H29N3O7. The number of imide groups is 1. The number of amides is 4. The van der Waals surface area contributed by atoms with Crippen LogP contribution < -0.4 is 14.8 Å². The lowest BCUT2D eigenvalue weighted by Crippen LogP contribution is -2.49. The van der Waals surface area contributed by atoms with Gasteiger partial charge in [-0.1, -0.05) is 19.3 Å². The van der Waals surface area contributed by atoms with E-state index in [2.05, 4.69) is 5.32 Å². The van der Waals surface area contributed by atoms with Gasteiger partial charge in [0.2, 0.25) is 5.91 Å². The minimum atomic E-state index is -0.914. The fraction of sp³-hybridized carbons (Fsp3) is 0.545. The van der Waals surface area contributed by atoms with Crippen LogP contribution in [0.1, 0.15) is 37.7 Å². The van der Waals surface area contributed by atoms with Gasteiger partial charge in [0.15, 0.2) is 0 Å². The summed E-state index contributed by atoms with van der Waals surface area (Å²) in [7, 11) is 4.24. The van der Waals surface area contributed by atoms with E-state index >= 15 is 0 Å². The average Bonchev–Trinajstić information content (AvgIpc) is 3.02. The van der Waals surface area contributed by atoms with Crippen molar-refractivity contribution in [2.24, 2.45) is 0 Å². The zero-order valence-electron chi connectivity index (χ0n) is 18.6. The first-order valence-corrected chi connectivity index (χ1v) is 10.5. The van der Waals surface area contributed by atoms with Crippen molar-refractivity contribution in [1.82, 2.24) is 15.1 Å². The minimum absolute atomic E-state index is 0.0380. The number of esters is 1. The molecule has 2 aliphatic rings. The molecule has 174 valence electrons. The lowest BCUT2D eigenvalue weighted by Gasteiger charge is -2.30. The summed E-state index contributed by atoms with van der Waals surface area (Å²) in [5.41, 5.74) is -0.262. The Hall–Kier alpha value is -3.30. The lowest BCUT2D eigenvalue weighted by molar-refractivity contribution is -0.148. The third-order valence-corrected chi connectivity index (χ3v) is 5.93. The van der Waals surface area contributed by atoms with Crippen molar-refractivity contribution >= 4 is 23.8 Å². The number of carbonyl (C=O) groups excluding carboxylic acids is 4. The topological polar surface area (TPSA) is 114 Å². The molecule has 0 unspecified atom stereocenters. The highest BCUT2D eigenvalue weighted by Gasteiger charge is 2.51. The highest BCUT2D eigenvalue weighted by Crippen LogP contribution is 2.33. The first-order chi connectivity index (χ1) is 15.3. The zero-order chi connectivity index (χ0) is 23.3. The van der Waals surface area contributed by atoms with Crippen LogP contribution in [-0.4, -0.2) is 73.6 Å². The van der Waals surface area contributed by atoms with E-state index < -0.39 is 30.0 Å². The van der Waals surface area contributed by atoms with Crippen LogP contribution in [0, 0.1) is 0 Å². The summed E-state index contributed by atoms with van der Waals surface area (Å²) in [5.74, 6) is -0.490. The fourth-order valence-corrected chi connectivity index (χ4v) is 4.18. The Labute approximate surface area is 186 Å². The number of nitrogens with zero attached hydrogens (tertiary/aromatic N) is 2. The van der Waals surface area contributed by atoms with E-state index in [1.54, 1.807) is 18.2 Å². The number of rotatable bonds is 8. The van der Waals surface area contributed by atoms with Crippen LogP contribution in [0.15, 0.2) is 18.2 Å². The Bertz CT molecular complexity index is 873. The van der Waals surface area contributed by atoms with E-state index in [0.29, 0.717) is 29.9 Å². The second kappa shape index (κ2) is 9.88. The standard InChI is InChI=1S/C22H29N3O7/c1-30-16-9-15(10-17(11-16)31-2)12-24(14-19(27)32-3)18(26)13-25-20(28)22(23-21(25)29)7-5-4-6-8-22/h9-11H,4-8,12-14H2,1-3H3,(H,23,29). The summed E-state index contributed by atoms with van der Waals surface area (Å²) in [5, 5.41) is 2.79. The quantitative estimate of drug-likeness (QED) is 0.474. The largest absolute Gasteiger partial charge is 0.497 e. The normalized spacial score (nSPS) is 17.2. The van der Waals surface area contributed by atoms with E-state index in [4.69, 9.17) is 14.2 Å². The molecule has 1 spiro atoms. The molecule has 10 nitrogen and oxygen atoms in total. The lowest BCUT2D eigenvalue weighted by atomic mass is 9.82. The van der Waals surface area contributed by atoms with Gasteiger partial charge >= 0.3 is 12.0 Å². The highest BCUT2D eigenvalue weighted by molar-refractivity contribution is 6.09. The molecule has 0 atom stereocenters. The number of methoxy groups -OCH3 is 3. The van der Waals surface area contributed by atoms with Crippen LogP contribution >= 0.6 is 0 Å². The molecule has 1 aliphatic carbocycles. The van der Waals surface area contributed by atoms with Gasteiger partial charge in [-0.05, 0) is 30.5 Å². The van der Waals surface area contributed by atoms with Gasteiger partial charge in [0.25, 0.3) is 5.91 Å². The van der Waals surface area contributed by atoms with Crippen LogP contribution in [0.4, 0.5) is 4.79 Å². The van der Waals surface area contributed by atoms with Gasteiger partial charge in [-0.15, -0.1) is 0 Å². The second-order valence-electron chi connectivity index (χ2n) is 8.01. The fourth-order valence-electron chi connectivity index (χ4n) is 4.18. The van der Waals surface area contributed by atoms with Gasteiger partial charge in [0.1, 0.15) is 30.1 Å². The number of carbonyl (C=O) groups is 4. The summed E-state index contributed by atoms with van der Waals surface area (Å²) in [6, 6.07) is 4.54. The molecule has 1 N–H and O–H groups in total. The molecule has 1 heterocycles. The van der Waals surface area contributed by atoms with E-state index in [0.717, 1.165) is 24.2 Å². The maximum atomic E-state index is 13.1. The van der Waals surface area contributed by atoms with Crippen LogP contribution in [0.2, 0.25) is 0 Å². The van der Waals surface area contributed by atoms with Gasteiger partial charge in [0.05, 0.1) is 21.3 Å². The molecule has 2 fully saturated rings. The van der Waals surface area contributed by atoms with E-state index in [1.807, 2.05) is 0 Å². The summed E-state index contributed by atoms with van der Waals surface area (Å²) in [6.07, 6.45) is 3.84. The van der Waals surface area contributed by atoms with E-state index in [-0.39, 0.29) is 19.0 Å². The molecule has 1 aliphatic heterocycles. The smallest absolute Gasteiger partial charge is 0.325 e. The molecule has 3 rings (SSSR count). The number of hydrogen-bond donors (Lipinski definition) is 1. The molecular weight excluding hydrogens is 418 g/mol. The van der Waals surface area contributed by atoms with Crippen molar-refractivity contribution < 1.29 is 33.4 Å². The van der Waals surface area contributed by atoms with Crippen molar-refractivity contribution in [1.29, 1.82) is 0 Å². The molecule has 0 aromatic heterocycles. The average molecular weight is 447 g/mol. The molecule has 10 heteroatoms. The number of hydrogen-bond acceptors (Lipinski definition) is 7. The predicted molar refractivity (Wildman–Crippen MR) is 113 cm³/mol. The third-order valence-electron chi connectivity index (χ3n) is 5.93. The monoisotopic (exact) mass is 447 g/mol. The van der Waals surface area contributed by atoms with E-state index in [1.165, 1.54) is 26.2 Å². The zero-order valence-corrected chi connectivity index (χ0v) is 18.6. The third kappa shape index (κ3) is 4.95. The van der Waals surface area contributed by atoms with Gasteiger partial charge < -0.3 is 24.4 Å². The maximum Gasteiger partial charge on any atom is 0.325 e. The molecule has 32 heavy (non-hydrogen) atoms. The van der Waals surface area contributed by atoms with E-state index in [9.17, 15) is 19.2 Å². The van der Waals surface area contributed by atoms with Gasteiger partial charge in [0, 0.05) is 12.6 Å². The van der Waals surface area contributed by atoms with Gasteiger partial charge in [-0.2, -0.15) is 0 Å². The van der Waals surface area contributed by atoms with Gasteiger partial charge in [-0.3, -0.25) is 19.3 Å². The van der Waals surface area contributed by atoms with Crippen LogP contribution in [0.3, 0.4) is 0 Å². The Kier molecular flexibility index (Phi) is 7.22. The SMILES string of the molecule is COC(=O)CN(Cc1cc(OC)cc(OC)c1)C(=O)CN1C(=O)NC2(CCCCC2)C1=O. The number of nitrogens with one attached hydrogen (secondary N) is 1. The molecule has 1 saturated heterocycles. The van der Waals surface area contributed by atoms with Crippen molar-refractivity contribution in [2.45, 2.75) is 44.2 Å². The van der Waals surface area contributed by atoms with Gasteiger partial charge in [-0.25, -0.2) is 4.79 Å². The van der Waals surface area contributed by atoms with Crippen molar-refractivity contribution in [2.75, 3.05) is 34.4 Å². The Morgan fingerprint density at radius 3 is 2.22 bits per heavy atom. The van der Waals surface area contributed by atoms with Crippen LogP contribution in [-0.2, 0) is 25.7 Å². The number of ether oxygens (including phenoxy) is 3. The number of benzene rings is 1. The summed E-state index contributed by atoms with van der Waals surface area (Å²) in [6.45, 7) is -0.746. The molecule has 0 radical (unpaired) electrons. The molecule has 1 saturated carbocycles. The molecule has 0 bridgehead atoms. The first-order valence-electron chi connectivity index (χ1n) is 10.5. The van der Waals surface area contributed by atoms with Crippen LogP contribution in [0.5, 0.6) is 11.5 Å². The molecule has 1 aromatic rings. The predicted octanol–water partition coefficient (Wildman–Crippen LogP) is 1.46. The second-order valence-corrected chi connectivity index (χ2v) is 8.01. The highest BCUT2D eigenvalue weighted by atomic mass is 16.5. The van der Waals surface area contributed by atoms with Crippen molar-refractivity contribution in [3.05, 3.63) is 23.8 Å². The summed E-state index contributed by atoms with van der Waals surface area (Å²) >= 11 is 0. The Balaban J connectivity index is 1.78. The van der Waals surface area contributed by atoms with Crippen LogP contribution in [0.25, 0.3) is 0 Å². The number of urea groups is 1. The maximum absolute atomic E-state index is 13.1. The Morgan fingerprint density at radius 2 is 1.66 bits per heavy atom. The van der Waals surface area contributed by atoms with Crippen molar-refractivity contribution in [3.63, 3.8) is 0 Å².